The SMILES string of the molecule is Cc1ccc(N2C(=O)[C@H]3[C@H](C2=O)[C@H]2C=C[C@H]3C2=C2CCCC2)c(C)c1. The molecule has 0 aromatic heterocycles. The predicted molar refractivity (Wildman–Crippen MR) is 97.0 cm³/mol. The number of nitrogens with zero attached hydrogens (tertiary/aromatic N) is 1. The van der Waals surface area contributed by atoms with Gasteiger partial charge in [-0.25, -0.2) is 4.90 Å². The smallest absolute Gasteiger partial charge is 0.238 e. The largest absolute Gasteiger partial charge is 0.274 e. The van der Waals surface area contributed by atoms with Crippen molar-refractivity contribution in [3.05, 3.63) is 52.6 Å². The number of rotatable bonds is 1. The topological polar surface area (TPSA) is 37.4 Å². The van der Waals surface area contributed by atoms with Gasteiger partial charge in [-0.1, -0.05) is 41.0 Å². The van der Waals surface area contributed by atoms with Crippen LogP contribution < -0.4 is 4.90 Å². The summed E-state index contributed by atoms with van der Waals surface area (Å²) in [5.74, 6) is -0.00647. The molecule has 1 heterocycles. The zero-order chi connectivity index (χ0) is 17.3. The number of carbonyl (C=O) groups excluding carboxylic acids is 2. The Hall–Kier alpha value is -2.16. The highest BCUT2D eigenvalue weighted by Crippen LogP contribution is 2.58. The summed E-state index contributed by atoms with van der Waals surface area (Å²) in [6.45, 7) is 4.01. The third kappa shape index (κ3) is 1.92. The van der Waals surface area contributed by atoms with Crippen molar-refractivity contribution in [3.63, 3.8) is 0 Å². The Kier molecular flexibility index (Phi) is 3.13. The summed E-state index contributed by atoms with van der Waals surface area (Å²) < 4.78 is 0. The van der Waals surface area contributed by atoms with Crippen molar-refractivity contribution in [2.75, 3.05) is 4.90 Å². The van der Waals surface area contributed by atoms with Crippen LogP contribution in [0, 0.1) is 37.5 Å². The number of hydrogen-bond donors (Lipinski definition) is 0. The lowest BCUT2D eigenvalue weighted by atomic mass is 9.85. The number of imide groups is 1. The van der Waals surface area contributed by atoms with E-state index in [1.807, 2.05) is 32.0 Å². The minimum atomic E-state index is -0.175. The van der Waals surface area contributed by atoms with Gasteiger partial charge in [0.25, 0.3) is 0 Å². The Morgan fingerprint density at radius 3 is 2.08 bits per heavy atom. The van der Waals surface area contributed by atoms with Crippen LogP contribution in [-0.2, 0) is 9.59 Å². The first kappa shape index (κ1) is 15.1. The van der Waals surface area contributed by atoms with Crippen molar-refractivity contribution < 1.29 is 9.59 Å². The van der Waals surface area contributed by atoms with Gasteiger partial charge in [0.2, 0.25) is 11.8 Å². The average molecular weight is 333 g/mol. The first-order valence-corrected chi connectivity index (χ1v) is 9.43. The van der Waals surface area contributed by atoms with Gasteiger partial charge in [-0.3, -0.25) is 9.59 Å². The number of allylic oxidation sites excluding steroid dienone is 4. The Balaban J connectivity index is 1.56. The van der Waals surface area contributed by atoms with Crippen LogP contribution in [0.2, 0.25) is 0 Å². The van der Waals surface area contributed by atoms with E-state index in [0.717, 1.165) is 29.7 Å². The zero-order valence-electron chi connectivity index (χ0n) is 14.8. The van der Waals surface area contributed by atoms with E-state index >= 15 is 0 Å². The summed E-state index contributed by atoms with van der Waals surface area (Å²) in [5.41, 5.74) is 5.87. The first-order valence-electron chi connectivity index (χ1n) is 9.43. The summed E-state index contributed by atoms with van der Waals surface area (Å²) in [6, 6.07) is 5.95. The molecule has 3 heteroatoms. The molecule has 2 amide bonds. The molecular weight excluding hydrogens is 310 g/mol. The van der Waals surface area contributed by atoms with Crippen LogP contribution in [0.5, 0.6) is 0 Å². The standard InChI is InChI=1S/C22H23NO2/c1-12-7-10-17(13(2)11-12)23-21(24)19-15-8-9-16(20(19)22(23)25)18(15)14-5-3-4-6-14/h7-11,15-16,19-20H,3-6H2,1-2H3/t15-,16-,19+,20+/m0/s1. The molecule has 3 aliphatic carbocycles. The molecule has 1 aromatic carbocycles. The fourth-order valence-corrected chi connectivity index (χ4v) is 5.62. The Morgan fingerprint density at radius 2 is 1.52 bits per heavy atom. The quantitative estimate of drug-likeness (QED) is 0.573. The van der Waals surface area contributed by atoms with Crippen LogP contribution in [0.1, 0.15) is 36.8 Å². The number of carbonyl (C=O) groups is 2. The molecule has 3 nitrogen and oxygen atoms in total. The van der Waals surface area contributed by atoms with E-state index in [9.17, 15) is 9.59 Å². The maximum atomic E-state index is 13.2. The second-order valence-corrected chi connectivity index (χ2v) is 8.06. The molecule has 1 aliphatic heterocycles. The second kappa shape index (κ2) is 5.17. The molecule has 2 bridgehead atoms. The van der Waals surface area contributed by atoms with Crippen LogP contribution in [0.15, 0.2) is 41.5 Å². The Morgan fingerprint density at radius 1 is 0.920 bits per heavy atom. The number of benzene rings is 1. The lowest BCUT2D eigenvalue weighted by Crippen LogP contribution is -2.33. The maximum absolute atomic E-state index is 13.2. The van der Waals surface area contributed by atoms with Crippen LogP contribution in [-0.4, -0.2) is 11.8 Å². The van der Waals surface area contributed by atoms with E-state index < -0.39 is 0 Å². The average Bonchev–Trinajstić information content (AvgIpc) is 3.32. The van der Waals surface area contributed by atoms with Crippen LogP contribution >= 0.6 is 0 Å². The van der Waals surface area contributed by atoms with Crippen LogP contribution in [0.25, 0.3) is 0 Å². The van der Waals surface area contributed by atoms with Crippen molar-refractivity contribution >= 4 is 17.5 Å². The van der Waals surface area contributed by atoms with Crippen molar-refractivity contribution in [2.24, 2.45) is 23.7 Å². The van der Waals surface area contributed by atoms with Crippen molar-refractivity contribution in [1.82, 2.24) is 0 Å². The Labute approximate surface area is 148 Å². The van der Waals surface area contributed by atoms with Gasteiger partial charge in [-0.2, -0.15) is 0 Å². The maximum Gasteiger partial charge on any atom is 0.238 e. The van der Waals surface area contributed by atoms with Gasteiger partial charge in [0, 0.05) is 11.8 Å². The molecule has 4 aliphatic rings. The minimum absolute atomic E-state index is 0.00917. The molecule has 4 atom stereocenters. The summed E-state index contributed by atoms with van der Waals surface area (Å²) in [6.07, 6.45) is 9.22. The molecule has 0 unspecified atom stereocenters. The third-order valence-electron chi connectivity index (χ3n) is 6.62. The summed E-state index contributed by atoms with van der Waals surface area (Å²) in [4.78, 5) is 27.9. The highest BCUT2D eigenvalue weighted by Gasteiger charge is 2.62. The van der Waals surface area contributed by atoms with E-state index in [1.165, 1.54) is 28.9 Å². The third-order valence-corrected chi connectivity index (χ3v) is 6.62. The van der Waals surface area contributed by atoms with Crippen molar-refractivity contribution in [1.29, 1.82) is 0 Å². The van der Waals surface area contributed by atoms with Gasteiger partial charge in [-0.05, 0) is 51.2 Å². The van der Waals surface area contributed by atoms with Gasteiger partial charge in [0.1, 0.15) is 0 Å². The zero-order valence-corrected chi connectivity index (χ0v) is 14.8. The molecule has 128 valence electrons. The molecule has 1 aromatic rings. The van der Waals surface area contributed by atoms with Gasteiger partial charge in [0.05, 0.1) is 17.5 Å². The van der Waals surface area contributed by atoms with Crippen molar-refractivity contribution in [2.45, 2.75) is 39.5 Å². The number of amides is 2. The van der Waals surface area contributed by atoms with Gasteiger partial charge in [0.15, 0.2) is 0 Å². The second-order valence-electron chi connectivity index (χ2n) is 8.06. The van der Waals surface area contributed by atoms with Crippen LogP contribution in [0.3, 0.4) is 0 Å². The molecular formula is C22H23NO2. The van der Waals surface area contributed by atoms with E-state index in [0.29, 0.717) is 0 Å². The lowest BCUT2D eigenvalue weighted by Gasteiger charge is -2.21. The first-order chi connectivity index (χ1) is 12.1. The fraction of sp³-hybridized carbons (Fsp3) is 0.455. The van der Waals surface area contributed by atoms with E-state index in [-0.39, 0.29) is 35.5 Å². The van der Waals surface area contributed by atoms with Crippen LogP contribution in [0.4, 0.5) is 5.69 Å². The Bertz CT molecular complexity index is 821. The molecule has 25 heavy (non-hydrogen) atoms. The molecule has 0 N–H and O–H groups in total. The molecule has 0 radical (unpaired) electrons. The van der Waals surface area contributed by atoms with Gasteiger partial charge in [-0.15, -0.1) is 0 Å². The molecule has 5 rings (SSSR count). The number of fused-ring (bicyclic) bond motifs is 5. The summed E-state index contributed by atoms with van der Waals surface area (Å²) in [7, 11) is 0. The molecule has 1 saturated heterocycles. The number of aryl methyl sites for hydroxylation is 2. The van der Waals surface area contributed by atoms with Crippen molar-refractivity contribution in [3.8, 4) is 0 Å². The predicted octanol–water partition coefficient (Wildman–Crippen LogP) is 4.10. The van der Waals surface area contributed by atoms with E-state index in [4.69, 9.17) is 0 Å². The van der Waals surface area contributed by atoms with Gasteiger partial charge >= 0.3 is 0 Å². The monoisotopic (exact) mass is 333 g/mol. The molecule has 2 saturated carbocycles. The lowest BCUT2D eigenvalue weighted by molar-refractivity contribution is -0.122. The highest BCUT2D eigenvalue weighted by molar-refractivity contribution is 6.23. The molecule has 3 fully saturated rings. The fourth-order valence-electron chi connectivity index (χ4n) is 5.62. The normalized spacial score (nSPS) is 33.1. The van der Waals surface area contributed by atoms with Gasteiger partial charge < -0.3 is 0 Å². The summed E-state index contributed by atoms with van der Waals surface area (Å²) in [5, 5.41) is 0. The minimum Gasteiger partial charge on any atom is -0.274 e. The van der Waals surface area contributed by atoms with E-state index in [1.54, 1.807) is 0 Å². The number of anilines is 1. The molecule has 0 spiro atoms. The van der Waals surface area contributed by atoms with E-state index in [2.05, 4.69) is 12.2 Å². The highest BCUT2D eigenvalue weighted by atomic mass is 16.2. The summed E-state index contributed by atoms with van der Waals surface area (Å²) >= 11 is 0. The number of hydrogen-bond acceptors (Lipinski definition) is 2.